The number of hydrogen-bond acceptors (Lipinski definition) is 3. The molecule has 2 atom stereocenters. The number of rotatable bonds is 1. The smallest absolute Gasteiger partial charge is 0.210 e. The molecule has 18 heavy (non-hydrogen) atoms. The van der Waals surface area contributed by atoms with Crippen LogP contribution in [0.25, 0.3) is 0 Å². The molecule has 0 aliphatic carbocycles. The number of aliphatic hydroxyl groups excluding tert-OH is 1. The normalized spacial score (nSPS) is 22.2. The lowest BCUT2D eigenvalue weighted by Crippen LogP contribution is -2.29. The number of carbonyl (C=O) groups is 1. The van der Waals surface area contributed by atoms with Gasteiger partial charge in [-0.3, -0.25) is 4.79 Å². The molecule has 1 N–H and O–H groups in total. The third kappa shape index (κ3) is 1.69. The first-order valence-corrected chi connectivity index (χ1v) is 5.79. The summed E-state index contributed by atoms with van der Waals surface area (Å²) in [4.78, 5) is 12.1. The summed E-state index contributed by atoms with van der Waals surface area (Å²) in [5.41, 5.74) is 1.30. The Morgan fingerprint density at radius 2 is 1.61 bits per heavy atom. The van der Waals surface area contributed by atoms with Gasteiger partial charge >= 0.3 is 0 Å². The largest absolute Gasteiger partial charge is 0.477 e. The number of Topliss-reactive ketones (excluding diaryl/α,β-unsaturated/α-hetero) is 1. The van der Waals surface area contributed by atoms with Crippen LogP contribution in [0.4, 0.5) is 0 Å². The van der Waals surface area contributed by atoms with Gasteiger partial charge in [0, 0.05) is 5.56 Å². The highest BCUT2D eigenvalue weighted by atomic mass is 16.5. The van der Waals surface area contributed by atoms with Crippen molar-refractivity contribution in [1.29, 1.82) is 0 Å². The van der Waals surface area contributed by atoms with Gasteiger partial charge in [-0.15, -0.1) is 0 Å². The quantitative estimate of drug-likeness (QED) is 0.832. The molecule has 90 valence electrons. The molecule has 1 aliphatic rings. The Morgan fingerprint density at radius 3 is 2.39 bits per heavy atom. The minimum Gasteiger partial charge on any atom is -0.477 e. The van der Waals surface area contributed by atoms with E-state index >= 15 is 0 Å². The summed E-state index contributed by atoms with van der Waals surface area (Å²) in [6.07, 6.45) is -1.84. The highest BCUT2D eigenvalue weighted by molar-refractivity contribution is 5.91. The molecule has 0 radical (unpaired) electrons. The van der Waals surface area contributed by atoms with Crippen molar-refractivity contribution >= 4 is 5.78 Å². The molecular formula is C15H12O3. The van der Waals surface area contributed by atoms with Crippen molar-refractivity contribution in [2.45, 2.75) is 12.2 Å². The second-order valence-electron chi connectivity index (χ2n) is 4.25. The van der Waals surface area contributed by atoms with E-state index in [0.717, 1.165) is 5.56 Å². The van der Waals surface area contributed by atoms with Crippen molar-refractivity contribution in [3.8, 4) is 5.75 Å². The molecule has 1 heterocycles. The summed E-state index contributed by atoms with van der Waals surface area (Å²) in [7, 11) is 0. The molecule has 0 aromatic heterocycles. The summed E-state index contributed by atoms with van der Waals surface area (Å²) in [6, 6.07) is 16.3. The summed E-state index contributed by atoms with van der Waals surface area (Å²) >= 11 is 0. The second-order valence-corrected chi connectivity index (χ2v) is 4.25. The van der Waals surface area contributed by atoms with Crippen LogP contribution in [0.5, 0.6) is 5.75 Å². The Balaban J connectivity index is 2.04. The van der Waals surface area contributed by atoms with E-state index in [2.05, 4.69) is 0 Å². The van der Waals surface area contributed by atoms with Crippen molar-refractivity contribution in [2.75, 3.05) is 0 Å². The van der Waals surface area contributed by atoms with Crippen LogP contribution >= 0.6 is 0 Å². The monoisotopic (exact) mass is 240 g/mol. The van der Waals surface area contributed by atoms with E-state index in [-0.39, 0.29) is 5.78 Å². The summed E-state index contributed by atoms with van der Waals surface area (Å²) < 4.78 is 5.69. The molecule has 0 saturated heterocycles. The minimum atomic E-state index is -1.11. The molecule has 3 nitrogen and oxygen atoms in total. The molecule has 3 rings (SSSR count). The fourth-order valence-electron chi connectivity index (χ4n) is 2.16. The van der Waals surface area contributed by atoms with Gasteiger partial charge in [-0.05, 0) is 11.6 Å². The predicted molar refractivity (Wildman–Crippen MR) is 66.2 cm³/mol. The van der Waals surface area contributed by atoms with Crippen molar-refractivity contribution in [3.05, 3.63) is 65.7 Å². The highest BCUT2D eigenvalue weighted by Crippen LogP contribution is 2.37. The van der Waals surface area contributed by atoms with Gasteiger partial charge in [-0.1, -0.05) is 48.5 Å². The Labute approximate surface area is 105 Å². The first-order chi connectivity index (χ1) is 8.77. The number of ketones is 1. The number of ether oxygens (including phenoxy) is 1. The number of hydrogen-bond donors (Lipinski definition) is 1. The summed E-state index contributed by atoms with van der Waals surface area (Å²) in [5, 5.41) is 10.0. The van der Waals surface area contributed by atoms with E-state index in [1.54, 1.807) is 18.2 Å². The molecule has 0 saturated carbocycles. The van der Waals surface area contributed by atoms with E-state index in [1.807, 2.05) is 36.4 Å². The van der Waals surface area contributed by atoms with Gasteiger partial charge in [0.15, 0.2) is 6.10 Å². The summed E-state index contributed by atoms with van der Waals surface area (Å²) in [6.45, 7) is 0. The first kappa shape index (κ1) is 11.0. The van der Waals surface area contributed by atoms with Crippen LogP contribution in [0.2, 0.25) is 0 Å². The molecule has 3 heteroatoms. The van der Waals surface area contributed by atoms with Crippen molar-refractivity contribution in [1.82, 2.24) is 0 Å². The van der Waals surface area contributed by atoms with Crippen molar-refractivity contribution in [2.24, 2.45) is 0 Å². The SMILES string of the molecule is O=C1C(O)c2ccccc2OC1c1ccccc1. The lowest BCUT2D eigenvalue weighted by atomic mass is 9.94. The van der Waals surface area contributed by atoms with E-state index in [9.17, 15) is 9.90 Å². The number of para-hydroxylation sites is 1. The van der Waals surface area contributed by atoms with Gasteiger partial charge in [0.1, 0.15) is 11.9 Å². The van der Waals surface area contributed by atoms with Gasteiger partial charge in [0.2, 0.25) is 5.78 Å². The second kappa shape index (κ2) is 4.27. The zero-order valence-electron chi connectivity index (χ0n) is 9.61. The van der Waals surface area contributed by atoms with Crippen LogP contribution in [0.15, 0.2) is 54.6 Å². The molecular weight excluding hydrogens is 228 g/mol. The Bertz CT molecular complexity index is 577. The van der Waals surface area contributed by atoms with E-state index < -0.39 is 12.2 Å². The van der Waals surface area contributed by atoms with Crippen LogP contribution in [-0.2, 0) is 4.79 Å². The lowest BCUT2D eigenvalue weighted by molar-refractivity contribution is -0.137. The lowest BCUT2D eigenvalue weighted by Gasteiger charge is -2.28. The maximum Gasteiger partial charge on any atom is 0.210 e. The van der Waals surface area contributed by atoms with Gasteiger partial charge < -0.3 is 9.84 Å². The minimum absolute atomic E-state index is 0.320. The first-order valence-electron chi connectivity index (χ1n) is 5.79. The number of carbonyl (C=O) groups excluding carboxylic acids is 1. The molecule has 2 aromatic carbocycles. The van der Waals surface area contributed by atoms with Gasteiger partial charge in [0.05, 0.1) is 0 Å². The Hall–Kier alpha value is -2.13. The van der Waals surface area contributed by atoms with E-state index in [0.29, 0.717) is 11.3 Å². The van der Waals surface area contributed by atoms with Crippen LogP contribution in [0.1, 0.15) is 23.3 Å². The van der Waals surface area contributed by atoms with Gasteiger partial charge in [-0.2, -0.15) is 0 Å². The van der Waals surface area contributed by atoms with E-state index in [1.165, 1.54) is 0 Å². The summed E-state index contributed by atoms with van der Waals surface area (Å²) in [5.74, 6) is 0.248. The number of benzene rings is 2. The van der Waals surface area contributed by atoms with Crippen LogP contribution in [0.3, 0.4) is 0 Å². The third-order valence-corrected chi connectivity index (χ3v) is 3.09. The van der Waals surface area contributed by atoms with Gasteiger partial charge in [-0.25, -0.2) is 0 Å². The fourth-order valence-corrected chi connectivity index (χ4v) is 2.16. The van der Waals surface area contributed by atoms with Crippen molar-refractivity contribution in [3.63, 3.8) is 0 Å². The zero-order chi connectivity index (χ0) is 12.5. The van der Waals surface area contributed by atoms with E-state index in [4.69, 9.17) is 4.74 Å². The van der Waals surface area contributed by atoms with Crippen LogP contribution in [-0.4, -0.2) is 10.9 Å². The molecule has 1 aliphatic heterocycles. The van der Waals surface area contributed by atoms with Gasteiger partial charge in [0.25, 0.3) is 0 Å². The Morgan fingerprint density at radius 1 is 0.944 bits per heavy atom. The average molecular weight is 240 g/mol. The Kier molecular flexibility index (Phi) is 2.61. The zero-order valence-corrected chi connectivity index (χ0v) is 9.61. The topological polar surface area (TPSA) is 46.5 Å². The third-order valence-electron chi connectivity index (χ3n) is 3.09. The number of aliphatic hydroxyl groups is 1. The molecule has 0 fully saturated rings. The van der Waals surface area contributed by atoms with Crippen molar-refractivity contribution < 1.29 is 14.6 Å². The maximum atomic E-state index is 12.1. The number of fused-ring (bicyclic) bond motifs is 1. The molecule has 2 unspecified atom stereocenters. The molecule has 0 bridgehead atoms. The molecule has 2 aromatic rings. The maximum absolute atomic E-state index is 12.1. The average Bonchev–Trinajstić information content (AvgIpc) is 2.44. The van der Waals surface area contributed by atoms with Crippen LogP contribution in [0, 0.1) is 0 Å². The van der Waals surface area contributed by atoms with Crippen LogP contribution < -0.4 is 4.74 Å². The highest BCUT2D eigenvalue weighted by Gasteiger charge is 2.36. The molecule has 0 amide bonds. The predicted octanol–water partition coefficient (Wildman–Crippen LogP) is 2.42. The standard InChI is InChI=1S/C15H12O3/c16-13-11-8-4-5-9-12(11)18-15(14(13)17)10-6-2-1-3-7-10/h1-9,13,15-16H. The fraction of sp³-hybridized carbons (Fsp3) is 0.133. The molecule has 0 spiro atoms.